The molecule has 15 nitrogen and oxygen atoms in total. The van der Waals surface area contributed by atoms with Crippen LogP contribution >= 0.6 is 11.3 Å². The average molecular weight is 811 g/mol. The second kappa shape index (κ2) is 20.0. The normalized spacial score (nSPS) is 20.6. The number of nitrogens with one attached hydrogen (secondary N) is 6. The van der Waals surface area contributed by atoms with Crippen molar-refractivity contribution in [3.05, 3.63) is 52.5 Å². The maximum atomic E-state index is 14.7. The Labute approximate surface area is 340 Å². The minimum atomic E-state index is -1.13. The number of hydrogen-bond acceptors (Lipinski definition) is 11. The first-order valence-corrected chi connectivity index (χ1v) is 20.3. The highest BCUT2D eigenvalue weighted by Gasteiger charge is 2.42. The molecule has 57 heavy (non-hydrogen) atoms. The number of carbonyl (C=O) groups is 6. The molecule has 0 saturated carbocycles. The van der Waals surface area contributed by atoms with E-state index in [1.54, 1.807) is 25.4 Å². The molecule has 0 unspecified atom stereocenters. The molecule has 1 aromatic heterocycles. The molecule has 1 aliphatic rings. The maximum absolute atomic E-state index is 14.7. The number of carbonyl (C=O) groups excluding carboxylic acids is 6. The van der Waals surface area contributed by atoms with Gasteiger partial charge in [-0.2, -0.15) is 0 Å². The molecule has 16 heteroatoms. The summed E-state index contributed by atoms with van der Waals surface area (Å²) in [5.74, 6) is -4.03. The van der Waals surface area contributed by atoms with Gasteiger partial charge in [0.2, 0.25) is 29.5 Å². The quantitative estimate of drug-likeness (QED) is 0.174. The number of benzene rings is 1. The Balaban J connectivity index is 2.10. The summed E-state index contributed by atoms with van der Waals surface area (Å²) in [6.45, 7) is 19.9. The number of aliphatic imine (C=N–C) groups is 1. The lowest BCUT2D eigenvalue weighted by Crippen LogP contribution is -2.65. The molecule has 5 amide bonds. The lowest BCUT2D eigenvalue weighted by Gasteiger charge is -2.39. The summed E-state index contributed by atoms with van der Waals surface area (Å²) in [6, 6.07) is 3.56. The molecular formula is C41H62N8O7S. The molecule has 0 saturated heterocycles. The second-order valence-electron chi connectivity index (χ2n) is 17.4. The Hall–Kier alpha value is -4.86. The minimum absolute atomic E-state index is 0.172. The summed E-state index contributed by atoms with van der Waals surface area (Å²) in [5, 5.41) is 20.2. The first-order valence-electron chi connectivity index (χ1n) is 19.4. The lowest BCUT2D eigenvalue weighted by atomic mass is 9.82. The van der Waals surface area contributed by atoms with Crippen LogP contribution in [0, 0.1) is 22.7 Å². The number of ether oxygens (including phenoxy) is 1. The molecule has 1 aromatic carbocycles. The fourth-order valence-corrected chi connectivity index (χ4v) is 7.07. The third-order valence-corrected chi connectivity index (χ3v) is 10.7. The monoisotopic (exact) mass is 810 g/mol. The number of rotatable bonds is 12. The number of aromatic nitrogens is 1. The predicted molar refractivity (Wildman–Crippen MR) is 220 cm³/mol. The van der Waals surface area contributed by atoms with E-state index < -0.39 is 95.0 Å². The van der Waals surface area contributed by atoms with Gasteiger partial charge in [0.05, 0.1) is 25.6 Å². The third-order valence-electron chi connectivity index (χ3n) is 9.82. The SMILES string of the molecule is COC(=O)C[C@@H](NC(=O)[C@@H](NC(=O)[C@@H](NC1=NCC(=O)N[C@@H](C(C)C)C(=O)N[C@@H](C(C)C)C(=O)N[C@H]1C(C)(C)C)C(C)(C)C)[C@@H](C)c1ccccc1)c1nccs1. The number of esters is 1. The van der Waals surface area contributed by atoms with Gasteiger partial charge in [-0.25, -0.2) is 4.98 Å². The molecule has 2 heterocycles. The molecule has 6 N–H and O–H groups in total. The van der Waals surface area contributed by atoms with Gasteiger partial charge in [0.25, 0.3) is 0 Å². The van der Waals surface area contributed by atoms with E-state index in [4.69, 9.17) is 4.74 Å². The van der Waals surface area contributed by atoms with Gasteiger partial charge >= 0.3 is 5.97 Å². The zero-order valence-electron chi connectivity index (χ0n) is 35.3. The number of methoxy groups -OCH3 is 1. The van der Waals surface area contributed by atoms with Crippen LogP contribution in [0.25, 0.3) is 0 Å². The topological polar surface area (TPSA) is 209 Å². The van der Waals surface area contributed by atoms with Crippen molar-refractivity contribution in [3.8, 4) is 0 Å². The Kier molecular flexibility index (Phi) is 16.3. The van der Waals surface area contributed by atoms with Gasteiger partial charge in [-0.1, -0.05) is 106 Å². The van der Waals surface area contributed by atoms with Crippen LogP contribution in [0.5, 0.6) is 0 Å². The fraction of sp³-hybridized carbons (Fsp3) is 0.610. The van der Waals surface area contributed by atoms with E-state index in [0.29, 0.717) is 5.01 Å². The van der Waals surface area contributed by atoms with E-state index >= 15 is 0 Å². The minimum Gasteiger partial charge on any atom is -0.469 e. The molecule has 0 bridgehead atoms. The lowest BCUT2D eigenvalue weighted by molar-refractivity contribution is -0.141. The molecule has 2 aromatic rings. The van der Waals surface area contributed by atoms with Gasteiger partial charge in [-0.3, -0.25) is 33.8 Å². The van der Waals surface area contributed by atoms with E-state index in [2.05, 4.69) is 41.9 Å². The first-order chi connectivity index (χ1) is 26.5. The summed E-state index contributed by atoms with van der Waals surface area (Å²) in [5.41, 5.74) is -0.733. The summed E-state index contributed by atoms with van der Waals surface area (Å²) in [4.78, 5) is 91.2. The third kappa shape index (κ3) is 13.1. The summed E-state index contributed by atoms with van der Waals surface area (Å²) in [7, 11) is 1.26. The highest BCUT2D eigenvalue weighted by Crippen LogP contribution is 2.27. The molecular weight excluding hydrogens is 749 g/mol. The van der Waals surface area contributed by atoms with Gasteiger partial charge in [0.15, 0.2) is 0 Å². The number of thiazole rings is 1. The van der Waals surface area contributed by atoms with Crippen LogP contribution in [0.3, 0.4) is 0 Å². The van der Waals surface area contributed by atoms with Crippen LogP contribution in [0.4, 0.5) is 0 Å². The Morgan fingerprint density at radius 2 is 1.46 bits per heavy atom. The molecule has 1 aliphatic heterocycles. The number of nitrogens with zero attached hydrogens (tertiary/aromatic N) is 2. The molecule has 0 aliphatic carbocycles. The fourth-order valence-electron chi connectivity index (χ4n) is 6.38. The first kappa shape index (κ1) is 46.5. The van der Waals surface area contributed by atoms with Crippen molar-refractivity contribution in [1.82, 2.24) is 36.9 Å². The zero-order valence-corrected chi connectivity index (χ0v) is 36.1. The van der Waals surface area contributed by atoms with E-state index in [1.165, 1.54) is 18.4 Å². The molecule has 0 radical (unpaired) electrons. The van der Waals surface area contributed by atoms with Crippen LogP contribution in [-0.4, -0.2) is 90.2 Å². The molecule has 7 atom stereocenters. The largest absolute Gasteiger partial charge is 0.469 e. The van der Waals surface area contributed by atoms with Crippen molar-refractivity contribution in [2.75, 3.05) is 13.7 Å². The molecule has 314 valence electrons. The average Bonchev–Trinajstić information content (AvgIpc) is 3.67. The number of hydrogen-bond donors (Lipinski definition) is 6. The number of amides is 5. The summed E-state index contributed by atoms with van der Waals surface area (Å²) in [6.07, 6.45) is 1.40. The van der Waals surface area contributed by atoms with E-state index in [0.717, 1.165) is 5.56 Å². The van der Waals surface area contributed by atoms with Crippen molar-refractivity contribution < 1.29 is 33.5 Å². The van der Waals surface area contributed by atoms with Gasteiger partial charge in [0.1, 0.15) is 41.6 Å². The van der Waals surface area contributed by atoms with Gasteiger partial charge in [0, 0.05) is 17.5 Å². The predicted octanol–water partition coefficient (Wildman–Crippen LogP) is 3.38. The Bertz CT molecular complexity index is 1730. The molecule has 0 spiro atoms. The van der Waals surface area contributed by atoms with E-state index in [9.17, 15) is 28.8 Å². The summed E-state index contributed by atoms with van der Waals surface area (Å²) >= 11 is 1.27. The van der Waals surface area contributed by atoms with Crippen LogP contribution < -0.4 is 31.9 Å². The molecule has 3 rings (SSSR count). The van der Waals surface area contributed by atoms with Gasteiger partial charge in [-0.15, -0.1) is 11.3 Å². The van der Waals surface area contributed by atoms with Crippen molar-refractivity contribution in [1.29, 1.82) is 0 Å². The van der Waals surface area contributed by atoms with Gasteiger partial charge < -0.3 is 36.6 Å². The zero-order chi connectivity index (χ0) is 42.8. The van der Waals surface area contributed by atoms with Crippen molar-refractivity contribution >= 4 is 52.7 Å². The van der Waals surface area contributed by atoms with E-state index in [1.807, 2.05) is 92.6 Å². The van der Waals surface area contributed by atoms with Crippen molar-refractivity contribution in [3.63, 3.8) is 0 Å². The highest BCUT2D eigenvalue weighted by atomic mass is 32.1. The smallest absolute Gasteiger partial charge is 0.308 e. The van der Waals surface area contributed by atoms with Crippen molar-refractivity contribution in [2.24, 2.45) is 27.7 Å². The van der Waals surface area contributed by atoms with Crippen LogP contribution in [0.2, 0.25) is 0 Å². The standard InChI is InChI=1S/C41H62N8O7S/c1-22(2)29-35(52)46-30(23(3)4)36(53)49-32(40(6,7)8)34(43-21-27(50)45-29)48-33(41(9,10)11)38(55)47-31(24(5)25-16-14-13-15-17-25)37(54)44-26(20-28(51)56-12)39-42-18-19-57-39/h13-19,22-24,26,29-33H,20-21H2,1-12H3,(H,43,48)(H,44,54)(H,45,50)(H,46,52)(H,47,55)(H,49,53)/t24-,26+,29-,30-,31-,32+,33+/m0/s1. The van der Waals surface area contributed by atoms with Crippen molar-refractivity contribution in [2.45, 2.75) is 125 Å². The highest BCUT2D eigenvalue weighted by molar-refractivity contribution is 7.09. The Morgan fingerprint density at radius 3 is 1.98 bits per heavy atom. The molecule has 0 fully saturated rings. The van der Waals surface area contributed by atoms with Crippen LogP contribution in [0.15, 0.2) is 46.9 Å². The summed E-state index contributed by atoms with van der Waals surface area (Å²) < 4.78 is 4.90. The number of amidine groups is 1. The van der Waals surface area contributed by atoms with E-state index in [-0.39, 0.29) is 24.1 Å². The Morgan fingerprint density at radius 1 is 0.860 bits per heavy atom. The second-order valence-corrected chi connectivity index (χ2v) is 18.3. The van der Waals surface area contributed by atoms with Crippen LogP contribution in [0.1, 0.15) is 105 Å². The maximum Gasteiger partial charge on any atom is 0.308 e. The van der Waals surface area contributed by atoms with Crippen LogP contribution in [-0.2, 0) is 33.5 Å². The van der Waals surface area contributed by atoms with Gasteiger partial charge in [-0.05, 0) is 28.2 Å².